The highest BCUT2D eigenvalue weighted by molar-refractivity contribution is 6.00. The Kier molecular flexibility index (Phi) is 4.36. The standard InChI is InChI=1S/C23H29N3O4/c1-3-29-20(27)19-11-17-10-15(16-6-9-30-22(13-16)7-8-22)4-5-18(17)26(19)23(12-14(23)2)21(24)25-28/h4-5,10-11,14,16,28H,3,6-9,12-13H2,1-2H3,(H2,24,25)/t14-,16+,23-/m1/s1. The molecule has 5 rings (SSSR count). The monoisotopic (exact) mass is 411 g/mol. The highest BCUT2D eigenvalue weighted by atomic mass is 16.5. The van der Waals surface area contributed by atoms with Crippen LogP contribution in [0.1, 0.15) is 67.9 Å². The van der Waals surface area contributed by atoms with Crippen molar-refractivity contribution in [3.63, 3.8) is 0 Å². The molecule has 7 nitrogen and oxygen atoms in total. The van der Waals surface area contributed by atoms with E-state index >= 15 is 0 Å². The maximum Gasteiger partial charge on any atom is 0.355 e. The molecule has 1 saturated heterocycles. The van der Waals surface area contributed by atoms with E-state index in [2.05, 4.69) is 23.4 Å². The van der Waals surface area contributed by atoms with Gasteiger partial charge in [0, 0.05) is 17.5 Å². The molecule has 3 aliphatic rings. The van der Waals surface area contributed by atoms with Gasteiger partial charge in [-0.1, -0.05) is 18.1 Å². The molecule has 3 N–H and O–H groups in total. The van der Waals surface area contributed by atoms with Gasteiger partial charge in [-0.15, -0.1) is 0 Å². The van der Waals surface area contributed by atoms with Crippen LogP contribution in [0, 0.1) is 5.92 Å². The van der Waals surface area contributed by atoms with Crippen LogP contribution in [0.3, 0.4) is 0 Å². The molecule has 1 aromatic carbocycles. The number of hydrogen-bond donors (Lipinski definition) is 2. The number of ether oxygens (including phenoxy) is 2. The molecule has 1 aromatic heterocycles. The van der Waals surface area contributed by atoms with E-state index in [-0.39, 0.29) is 23.3 Å². The van der Waals surface area contributed by atoms with Gasteiger partial charge in [-0.25, -0.2) is 4.79 Å². The minimum atomic E-state index is -0.698. The number of esters is 1. The van der Waals surface area contributed by atoms with E-state index in [1.165, 1.54) is 5.56 Å². The predicted octanol–water partition coefficient (Wildman–Crippen LogP) is 3.73. The fourth-order valence-electron chi connectivity index (χ4n) is 5.35. The molecule has 2 aromatic rings. The topological polar surface area (TPSA) is 99.1 Å². The molecular formula is C23H29N3O4. The Balaban J connectivity index is 1.61. The molecule has 0 bridgehead atoms. The lowest BCUT2D eigenvalue weighted by Gasteiger charge is -2.30. The number of nitrogens with zero attached hydrogens (tertiary/aromatic N) is 2. The molecule has 7 heteroatoms. The number of rotatable bonds is 5. The van der Waals surface area contributed by atoms with Gasteiger partial charge in [0.1, 0.15) is 11.2 Å². The number of aromatic nitrogens is 1. The van der Waals surface area contributed by atoms with E-state index < -0.39 is 5.54 Å². The fraction of sp³-hybridized carbons (Fsp3) is 0.565. The third kappa shape index (κ3) is 2.82. The first-order valence-electron chi connectivity index (χ1n) is 10.9. The normalized spacial score (nSPS) is 29.9. The number of oxime groups is 1. The summed E-state index contributed by atoms with van der Waals surface area (Å²) in [7, 11) is 0. The van der Waals surface area contributed by atoms with Gasteiger partial charge in [-0.05, 0) is 74.6 Å². The summed E-state index contributed by atoms with van der Waals surface area (Å²) in [6, 6.07) is 8.31. The summed E-state index contributed by atoms with van der Waals surface area (Å²) in [6.07, 6.45) is 5.12. The zero-order valence-electron chi connectivity index (χ0n) is 17.6. The Morgan fingerprint density at radius 2 is 2.13 bits per heavy atom. The predicted molar refractivity (Wildman–Crippen MR) is 113 cm³/mol. The zero-order chi connectivity index (χ0) is 21.1. The maximum atomic E-state index is 12.8. The van der Waals surface area contributed by atoms with Gasteiger partial charge in [0.2, 0.25) is 0 Å². The van der Waals surface area contributed by atoms with Crippen molar-refractivity contribution in [1.82, 2.24) is 4.57 Å². The average molecular weight is 412 g/mol. The van der Waals surface area contributed by atoms with Crippen LogP contribution in [-0.2, 0) is 15.0 Å². The van der Waals surface area contributed by atoms with Gasteiger partial charge >= 0.3 is 5.97 Å². The lowest BCUT2D eigenvalue weighted by molar-refractivity contribution is -0.0132. The van der Waals surface area contributed by atoms with Crippen LogP contribution in [0.25, 0.3) is 10.9 Å². The van der Waals surface area contributed by atoms with Crippen LogP contribution in [0.2, 0.25) is 0 Å². The first-order chi connectivity index (χ1) is 14.4. The fourth-order valence-corrected chi connectivity index (χ4v) is 5.35. The van der Waals surface area contributed by atoms with Crippen LogP contribution < -0.4 is 5.73 Å². The largest absolute Gasteiger partial charge is 0.461 e. The van der Waals surface area contributed by atoms with E-state index in [9.17, 15) is 10.0 Å². The molecule has 0 unspecified atom stereocenters. The number of nitrogens with two attached hydrogens (primary N) is 1. The Labute approximate surface area is 175 Å². The van der Waals surface area contributed by atoms with Crippen LogP contribution >= 0.6 is 0 Å². The van der Waals surface area contributed by atoms with Crippen molar-refractivity contribution in [2.45, 2.75) is 63.0 Å². The smallest absolute Gasteiger partial charge is 0.355 e. The third-order valence-corrected chi connectivity index (χ3v) is 7.31. The quantitative estimate of drug-likeness (QED) is 0.257. The van der Waals surface area contributed by atoms with E-state index in [1.54, 1.807) is 6.92 Å². The molecule has 0 amide bonds. The SMILES string of the molecule is CCOC(=O)c1cc2cc([C@H]3CCOC4(CC4)C3)ccc2n1[C@]1(C(N)=NO)C[C@H]1C. The van der Waals surface area contributed by atoms with Gasteiger partial charge in [-0.3, -0.25) is 0 Å². The van der Waals surface area contributed by atoms with Crippen LogP contribution in [0.15, 0.2) is 29.4 Å². The molecule has 3 atom stereocenters. The van der Waals surface area contributed by atoms with Gasteiger partial charge in [0.25, 0.3) is 0 Å². The highest BCUT2D eigenvalue weighted by Gasteiger charge is 2.58. The highest BCUT2D eigenvalue weighted by Crippen LogP contribution is 2.53. The van der Waals surface area contributed by atoms with E-state index in [0.717, 1.165) is 43.2 Å². The lowest BCUT2D eigenvalue weighted by Crippen LogP contribution is -2.38. The average Bonchev–Trinajstić information content (AvgIpc) is 3.61. The summed E-state index contributed by atoms with van der Waals surface area (Å²) in [5.74, 6) is 0.365. The van der Waals surface area contributed by atoms with Gasteiger partial charge < -0.3 is 25.0 Å². The molecule has 3 fully saturated rings. The molecule has 2 heterocycles. The number of benzene rings is 1. The first kappa shape index (κ1) is 19.4. The molecule has 2 aliphatic carbocycles. The van der Waals surface area contributed by atoms with Crippen molar-refractivity contribution in [2.75, 3.05) is 13.2 Å². The number of fused-ring (bicyclic) bond motifs is 1. The first-order valence-corrected chi connectivity index (χ1v) is 10.9. The number of carbonyl (C=O) groups excluding carboxylic acids is 1. The molecule has 30 heavy (non-hydrogen) atoms. The minimum absolute atomic E-state index is 0.111. The summed E-state index contributed by atoms with van der Waals surface area (Å²) >= 11 is 0. The van der Waals surface area contributed by atoms with Gasteiger partial charge in [0.15, 0.2) is 5.84 Å². The van der Waals surface area contributed by atoms with E-state index in [4.69, 9.17) is 15.2 Å². The Hall–Kier alpha value is -2.54. The Morgan fingerprint density at radius 1 is 1.37 bits per heavy atom. The Morgan fingerprint density at radius 3 is 2.77 bits per heavy atom. The minimum Gasteiger partial charge on any atom is -0.461 e. The lowest BCUT2D eigenvalue weighted by atomic mass is 9.87. The summed E-state index contributed by atoms with van der Waals surface area (Å²) in [6.45, 7) is 4.94. The summed E-state index contributed by atoms with van der Waals surface area (Å²) in [5, 5.41) is 13.7. The summed E-state index contributed by atoms with van der Waals surface area (Å²) in [5.41, 5.74) is 8.18. The molecule has 1 spiro atoms. The van der Waals surface area contributed by atoms with Crippen molar-refractivity contribution < 1.29 is 19.5 Å². The zero-order valence-corrected chi connectivity index (χ0v) is 17.6. The van der Waals surface area contributed by atoms with Crippen molar-refractivity contribution in [1.29, 1.82) is 0 Å². The third-order valence-electron chi connectivity index (χ3n) is 7.31. The van der Waals surface area contributed by atoms with Crippen LogP contribution in [-0.4, -0.2) is 40.4 Å². The van der Waals surface area contributed by atoms with Crippen molar-refractivity contribution in [3.8, 4) is 0 Å². The second-order valence-electron chi connectivity index (χ2n) is 9.14. The van der Waals surface area contributed by atoms with Crippen LogP contribution in [0.5, 0.6) is 0 Å². The second-order valence-corrected chi connectivity index (χ2v) is 9.14. The number of hydrogen-bond acceptors (Lipinski definition) is 5. The molecule has 2 saturated carbocycles. The number of amidine groups is 1. The number of carbonyl (C=O) groups is 1. The van der Waals surface area contributed by atoms with Gasteiger partial charge in [-0.2, -0.15) is 0 Å². The summed E-state index contributed by atoms with van der Waals surface area (Å²) < 4.78 is 13.2. The van der Waals surface area contributed by atoms with Crippen LogP contribution in [0.4, 0.5) is 0 Å². The van der Waals surface area contributed by atoms with Crippen molar-refractivity contribution >= 4 is 22.7 Å². The second kappa shape index (κ2) is 6.74. The molecule has 0 radical (unpaired) electrons. The maximum absolute atomic E-state index is 12.8. The van der Waals surface area contributed by atoms with Crippen molar-refractivity contribution in [2.24, 2.45) is 16.8 Å². The molecule has 1 aliphatic heterocycles. The van der Waals surface area contributed by atoms with E-state index in [0.29, 0.717) is 24.6 Å². The molecular weight excluding hydrogens is 382 g/mol. The van der Waals surface area contributed by atoms with Gasteiger partial charge in [0.05, 0.1) is 12.2 Å². The Bertz CT molecular complexity index is 1040. The summed E-state index contributed by atoms with van der Waals surface area (Å²) in [4.78, 5) is 12.8. The van der Waals surface area contributed by atoms with Crippen molar-refractivity contribution in [3.05, 3.63) is 35.5 Å². The van der Waals surface area contributed by atoms with E-state index in [1.807, 2.05) is 17.6 Å². The molecule has 160 valence electrons.